The van der Waals surface area contributed by atoms with Crippen LogP contribution in [-0.2, 0) is 9.59 Å². The summed E-state index contributed by atoms with van der Waals surface area (Å²) in [6.45, 7) is 4.52. The lowest BCUT2D eigenvalue weighted by Crippen LogP contribution is -2.35. The third kappa shape index (κ3) is 8.23. The standard InChI is InChI=1S/C11H22N2O3/c1-3-4-9(6-11(15)16)7-13-8(2)5-10(12)14/h8-9,13H,3-7H2,1-2H3,(H2,12,14)(H,15,16)/t8-,9+/m0/s1. The SMILES string of the molecule is CCC[C@@H](CN[C@@H](C)CC(N)=O)CC(=O)O. The van der Waals surface area contributed by atoms with Crippen LogP contribution in [0.4, 0.5) is 0 Å². The average molecular weight is 230 g/mol. The van der Waals surface area contributed by atoms with Gasteiger partial charge in [0.05, 0.1) is 0 Å². The molecule has 0 saturated heterocycles. The largest absolute Gasteiger partial charge is 0.481 e. The van der Waals surface area contributed by atoms with Gasteiger partial charge in [0.15, 0.2) is 0 Å². The quantitative estimate of drug-likeness (QED) is 0.544. The molecule has 0 spiro atoms. The third-order valence-electron chi connectivity index (χ3n) is 2.42. The summed E-state index contributed by atoms with van der Waals surface area (Å²) in [6, 6.07) is 0.00523. The van der Waals surface area contributed by atoms with Gasteiger partial charge in [-0.2, -0.15) is 0 Å². The van der Waals surface area contributed by atoms with Gasteiger partial charge in [-0.3, -0.25) is 9.59 Å². The Hall–Kier alpha value is -1.10. The molecule has 0 aliphatic carbocycles. The summed E-state index contributed by atoms with van der Waals surface area (Å²) in [6.07, 6.45) is 2.29. The van der Waals surface area contributed by atoms with Crippen molar-refractivity contribution in [3.63, 3.8) is 0 Å². The molecule has 0 aromatic heterocycles. The fourth-order valence-electron chi connectivity index (χ4n) is 1.67. The smallest absolute Gasteiger partial charge is 0.303 e. The van der Waals surface area contributed by atoms with Gasteiger partial charge in [-0.25, -0.2) is 0 Å². The summed E-state index contributed by atoms with van der Waals surface area (Å²) < 4.78 is 0. The minimum Gasteiger partial charge on any atom is -0.481 e. The van der Waals surface area contributed by atoms with E-state index in [4.69, 9.17) is 10.8 Å². The van der Waals surface area contributed by atoms with E-state index in [9.17, 15) is 9.59 Å². The molecular formula is C11H22N2O3. The predicted molar refractivity (Wildman–Crippen MR) is 61.9 cm³/mol. The van der Waals surface area contributed by atoms with Crippen molar-refractivity contribution in [3.05, 3.63) is 0 Å². The van der Waals surface area contributed by atoms with Crippen molar-refractivity contribution in [2.45, 2.75) is 45.6 Å². The molecule has 0 bridgehead atoms. The van der Waals surface area contributed by atoms with Crippen LogP contribution >= 0.6 is 0 Å². The summed E-state index contributed by atoms with van der Waals surface area (Å²) in [5.74, 6) is -0.995. The molecule has 0 aliphatic rings. The lowest BCUT2D eigenvalue weighted by Gasteiger charge is -2.18. The van der Waals surface area contributed by atoms with Crippen LogP contribution in [0.15, 0.2) is 0 Å². The van der Waals surface area contributed by atoms with Crippen LogP contribution in [0.1, 0.15) is 39.5 Å². The van der Waals surface area contributed by atoms with Crippen molar-refractivity contribution in [1.82, 2.24) is 5.32 Å². The van der Waals surface area contributed by atoms with Crippen molar-refractivity contribution in [2.24, 2.45) is 11.7 Å². The predicted octanol–water partition coefficient (Wildman–Crippen LogP) is 0.731. The lowest BCUT2D eigenvalue weighted by molar-refractivity contribution is -0.138. The van der Waals surface area contributed by atoms with Crippen LogP contribution in [0.25, 0.3) is 0 Å². The number of hydrogen-bond donors (Lipinski definition) is 3. The van der Waals surface area contributed by atoms with E-state index in [2.05, 4.69) is 5.32 Å². The minimum absolute atomic E-state index is 0.00523. The van der Waals surface area contributed by atoms with Gasteiger partial charge in [0.1, 0.15) is 0 Å². The number of primary amides is 1. The second kappa shape index (κ2) is 8.10. The molecule has 0 saturated carbocycles. The van der Waals surface area contributed by atoms with E-state index in [1.165, 1.54) is 0 Å². The van der Waals surface area contributed by atoms with E-state index < -0.39 is 5.97 Å². The van der Waals surface area contributed by atoms with E-state index in [0.717, 1.165) is 12.8 Å². The number of carbonyl (C=O) groups excluding carboxylic acids is 1. The van der Waals surface area contributed by atoms with E-state index >= 15 is 0 Å². The van der Waals surface area contributed by atoms with E-state index in [-0.39, 0.29) is 30.7 Å². The molecule has 16 heavy (non-hydrogen) atoms. The van der Waals surface area contributed by atoms with Crippen LogP contribution in [0, 0.1) is 5.92 Å². The molecule has 0 aromatic carbocycles. The molecule has 0 aliphatic heterocycles. The summed E-state index contributed by atoms with van der Waals surface area (Å²) >= 11 is 0. The minimum atomic E-state index is -0.775. The fraction of sp³-hybridized carbons (Fsp3) is 0.818. The molecule has 0 radical (unpaired) electrons. The maximum atomic E-state index is 10.6. The molecular weight excluding hydrogens is 208 g/mol. The van der Waals surface area contributed by atoms with Gasteiger partial charge >= 0.3 is 5.97 Å². The van der Waals surface area contributed by atoms with Gasteiger partial charge in [0, 0.05) is 18.9 Å². The molecule has 1 amide bonds. The monoisotopic (exact) mass is 230 g/mol. The number of carboxylic acids is 1. The summed E-state index contributed by atoms with van der Waals surface area (Å²) in [5.41, 5.74) is 5.07. The Bertz CT molecular complexity index is 231. The number of aliphatic carboxylic acids is 1. The Kier molecular flexibility index (Phi) is 7.54. The van der Waals surface area contributed by atoms with Gasteiger partial charge in [0.2, 0.25) is 5.91 Å². The Balaban J connectivity index is 3.90. The van der Waals surface area contributed by atoms with Crippen molar-refractivity contribution >= 4 is 11.9 Å². The summed E-state index contributed by atoms with van der Waals surface area (Å²) in [4.78, 5) is 21.3. The van der Waals surface area contributed by atoms with Crippen LogP contribution in [0.2, 0.25) is 0 Å². The van der Waals surface area contributed by atoms with Gasteiger partial charge in [-0.05, 0) is 25.8 Å². The van der Waals surface area contributed by atoms with Crippen molar-refractivity contribution in [3.8, 4) is 0 Å². The Labute approximate surface area is 96.4 Å². The number of carbonyl (C=O) groups is 2. The molecule has 0 unspecified atom stereocenters. The molecule has 0 aromatic rings. The van der Waals surface area contributed by atoms with Crippen LogP contribution in [0.5, 0.6) is 0 Å². The molecule has 5 heteroatoms. The van der Waals surface area contributed by atoms with E-state index in [1.54, 1.807) is 0 Å². The van der Waals surface area contributed by atoms with Crippen molar-refractivity contribution in [2.75, 3.05) is 6.54 Å². The zero-order chi connectivity index (χ0) is 12.6. The highest BCUT2D eigenvalue weighted by Crippen LogP contribution is 2.10. The van der Waals surface area contributed by atoms with E-state index in [1.807, 2.05) is 13.8 Å². The molecule has 5 nitrogen and oxygen atoms in total. The lowest BCUT2D eigenvalue weighted by atomic mass is 9.99. The first-order valence-corrected chi connectivity index (χ1v) is 5.69. The number of amides is 1. The maximum absolute atomic E-state index is 10.6. The first-order valence-electron chi connectivity index (χ1n) is 5.69. The van der Waals surface area contributed by atoms with Gasteiger partial charge in [-0.15, -0.1) is 0 Å². The molecule has 0 heterocycles. The van der Waals surface area contributed by atoms with Gasteiger partial charge < -0.3 is 16.2 Å². The molecule has 0 rings (SSSR count). The maximum Gasteiger partial charge on any atom is 0.303 e. The number of hydrogen-bond acceptors (Lipinski definition) is 3. The molecule has 94 valence electrons. The molecule has 2 atom stereocenters. The normalized spacial score (nSPS) is 14.4. The zero-order valence-electron chi connectivity index (χ0n) is 10.0. The van der Waals surface area contributed by atoms with Crippen LogP contribution in [-0.4, -0.2) is 29.6 Å². The van der Waals surface area contributed by atoms with Crippen LogP contribution < -0.4 is 11.1 Å². The second-order valence-electron chi connectivity index (χ2n) is 4.23. The Morgan fingerprint density at radius 3 is 2.44 bits per heavy atom. The fourth-order valence-corrected chi connectivity index (χ4v) is 1.67. The highest BCUT2D eigenvalue weighted by molar-refractivity contribution is 5.74. The van der Waals surface area contributed by atoms with Crippen LogP contribution in [0.3, 0.4) is 0 Å². The highest BCUT2D eigenvalue weighted by Gasteiger charge is 2.14. The van der Waals surface area contributed by atoms with Gasteiger partial charge in [0.25, 0.3) is 0 Å². The third-order valence-corrected chi connectivity index (χ3v) is 2.42. The number of nitrogens with one attached hydrogen (secondary N) is 1. The van der Waals surface area contributed by atoms with E-state index in [0.29, 0.717) is 6.54 Å². The summed E-state index contributed by atoms with van der Waals surface area (Å²) in [5, 5.41) is 11.9. The number of rotatable bonds is 9. The number of carboxylic acid groups (broad SMARTS) is 1. The highest BCUT2D eigenvalue weighted by atomic mass is 16.4. The number of nitrogens with two attached hydrogens (primary N) is 1. The molecule has 0 fully saturated rings. The average Bonchev–Trinajstić information content (AvgIpc) is 2.12. The first kappa shape index (κ1) is 14.9. The first-order chi connectivity index (χ1) is 7.45. The second-order valence-corrected chi connectivity index (χ2v) is 4.23. The molecule has 4 N–H and O–H groups in total. The van der Waals surface area contributed by atoms with Crippen molar-refractivity contribution in [1.29, 1.82) is 0 Å². The van der Waals surface area contributed by atoms with Crippen molar-refractivity contribution < 1.29 is 14.7 Å². The summed E-state index contributed by atoms with van der Waals surface area (Å²) in [7, 11) is 0. The zero-order valence-corrected chi connectivity index (χ0v) is 10.0. The Morgan fingerprint density at radius 2 is 2.00 bits per heavy atom. The van der Waals surface area contributed by atoms with Gasteiger partial charge in [-0.1, -0.05) is 13.3 Å². The topological polar surface area (TPSA) is 92.4 Å². The Morgan fingerprint density at radius 1 is 1.38 bits per heavy atom.